The Morgan fingerprint density at radius 3 is 2.83 bits per heavy atom. The highest BCUT2D eigenvalue weighted by molar-refractivity contribution is 5.78. The molecule has 2 unspecified atom stereocenters. The summed E-state index contributed by atoms with van der Waals surface area (Å²) in [6.07, 6.45) is 9.28. The Morgan fingerprint density at radius 1 is 1.56 bits per heavy atom. The molecule has 0 saturated heterocycles. The molecule has 0 radical (unpaired) electrons. The Hall–Kier alpha value is -1.09. The van der Waals surface area contributed by atoms with Gasteiger partial charge in [0.1, 0.15) is 0 Å². The topological polar surface area (TPSA) is 46.5 Å². The summed E-state index contributed by atoms with van der Waals surface area (Å²) in [5, 5.41) is 9.62. The van der Waals surface area contributed by atoms with Crippen LogP contribution in [0.15, 0.2) is 23.8 Å². The summed E-state index contributed by atoms with van der Waals surface area (Å²) in [6.45, 7) is 4.76. The number of aliphatic carboxylic acids is 1. The average Bonchev–Trinajstić information content (AvgIpc) is 2.36. The quantitative estimate of drug-likeness (QED) is 0.755. The summed E-state index contributed by atoms with van der Waals surface area (Å²) in [4.78, 5) is 11.7. The lowest BCUT2D eigenvalue weighted by molar-refractivity contribution is -0.148. The molecule has 2 atom stereocenters. The smallest absolute Gasteiger partial charge is 0.314 e. The van der Waals surface area contributed by atoms with Gasteiger partial charge in [-0.15, -0.1) is 0 Å². The van der Waals surface area contributed by atoms with E-state index in [2.05, 4.69) is 6.92 Å². The molecule has 0 fully saturated rings. The van der Waals surface area contributed by atoms with Gasteiger partial charge in [0.05, 0.1) is 5.41 Å². The van der Waals surface area contributed by atoms with Gasteiger partial charge in [-0.2, -0.15) is 0 Å². The van der Waals surface area contributed by atoms with E-state index in [0.29, 0.717) is 13.0 Å². The Labute approximate surface area is 110 Å². The molecule has 102 valence electrons. The number of ether oxygens (including phenoxy) is 1. The molecule has 0 aliphatic heterocycles. The summed E-state index contributed by atoms with van der Waals surface area (Å²) in [5.41, 5.74) is 0.450. The third kappa shape index (κ3) is 3.02. The lowest BCUT2D eigenvalue weighted by Crippen LogP contribution is -2.38. The molecule has 18 heavy (non-hydrogen) atoms. The number of hydrogen-bond acceptors (Lipinski definition) is 2. The van der Waals surface area contributed by atoms with E-state index in [4.69, 9.17) is 4.74 Å². The highest BCUT2D eigenvalue weighted by atomic mass is 16.5. The van der Waals surface area contributed by atoms with Crippen LogP contribution in [0, 0.1) is 11.3 Å². The highest BCUT2D eigenvalue weighted by Crippen LogP contribution is 2.43. The third-order valence-electron chi connectivity index (χ3n) is 3.97. The molecule has 0 spiro atoms. The molecule has 0 aromatic carbocycles. The number of carbonyl (C=O) groups is 1. The van der Waals surface area contributed by atoms with Crippen LogP contribution in [-0.4, -0.2) is 24.8 Å². The van der Waals surface area contributed by atoms with Crippen molar-refractivity contribution in [2.24, 2.45) is 11.3 Å². The van der Waals surface area contributed by atoms with Crippen LogP contribution in [0.2, 0.25) is 0 Å². The molecule has 1 aliphatic rings. The number of unbranched alkanes of at least 4 members (excludes halogenated alkanes) is 1. The maximum Gasteiger partial charge on any atom is 0.314 e. The first kappa shape index (κ1) is 15.0. The number of methoxy groups -OCH3 is 1. The van der Waals surface area contributed by atoms with Crippen LogP contribution in [0.1, 0.15) is 39.5 Å². The zero-order chi connectivity index (χ0) is 13.6. The summed E-state index contributed by atoms with van der Waals surface area (Å²) in [7, 11) is 1.67. The highest BCUT2D eigenvalue weighted by Gasteiger charge is 2.43. The Balaban J connectivity index is 2.89. The lowest BCUT2D eigenvalue weighted by atomic mass is 9.66. The Morgan fingerprint density at radius 2 is 2.28 bits per heavy atom. The molecule has 1 aliphatic carbocycles. The molecule has 0 amide bonds. The molecule has 0 bridgehead atoms. The summed E-state index contributed by atoms with van der Waals surface area (Å²) in [6, 6.07) is 0. The predicted octanol–water partition coefficient (Wildman–Crippen LogP) is 3.42. The van der Waals surface area contributed by atoms with Crippen molar-refractivity contribution in [3.05, 3.63) is 23.8 Å². The fourth-order valence-electron chi connectivity index (χ4n) is 2.62. The first-order valence-corrected chi connectivity index (χ1v) is 6.69. The van der Waals surface area contributed by atoms with E-state index in [9.17, 15) is 9.90 Å². The minimum absolute atomic E-state index is 0.0432. The largest absolute Gasteiger partial charge is 0.481 e. The van der Waals surface area contributed by atoms with Gasteiger partial charge in [0.15, 0.2) is 0 Å². The van der Waals surface area contributed by atoms with Gasteiger partial charge in [0, 0.05) is 13.7 Å². The van der Waals surface area contributed by atoms with Gasteiger partial charge in [-0.3, -0.25) is 4.79 Å². The summed E-state index contributed by atoms with van der Waals surface area (Å²) < 4.78 is 5.09. The number of hydrogen-bond donors (Lipinski definition) is 1. The van der Waals surface area contributed by atoms with Crippen LogP contribution in [0.4, 0.5) is 0 Å². The lowest BCUT2D eigenvalue weighted by Gasteiger charge is -2.36. The molecule has 1 rings (SSSR count). The Bertz CT molecular complexity index is 344. The van der Waals surface area contributed by atoms with Crippen molar-refractivity contribution >= 4 is 5.97 Å². The van der Waals surface area contributed by atoms with Crippen LogP contribution in [0.5, 0.6) is 0 Å². The average molecular weight is 252 g/mol. The van der Waals surface area contributed by atoms with Gasteiger partial charge in [-0.1, -0.05) is 50.5 Å². The third-order valence-corrected chi connectivity index (χ3v) is 3.97. The SMILES string of the molecule is CCCCC1(C(=O)O)C=CC=C(CCOC)C1C. The molecular formula is C15H24O3. The summed E-state index contributed by atoms with van der Waals surface area (Å²) in [5.74, 6) is -0.663. The minimum atomic E-state index is -0.728. The summed E-state index contributed by atoms with van der Waals surface area (Å²) >= 11 is 0. The second kappa shape index (κ2) is 6.74. The van der Waals surface area contributed by atoms with E-state index in [1.165, 1.54) is 5.57 Å². The van der Waals surface area contributed by atoms with E-state index in [-0.39, 0.29) is 5.92 Å². The zero-order valence-electron chi connectivity index (χ0n) is 11.6. The fraction of sp³-hybridized carbons (Fsp3) is 0.667. The van der Waals surface area contributed by atoms with Gasteiger partial charge in [0.25, 0.3) is 0 Å². The van der Waals surface area contributed by atoms with Crippen molar-refractivity contribution in [2.75, 3.05) is 13.7 Å². The van der Waals surface area contributed by atoms with Crippen molar-refractivity contribution in [3.63, 3.8) is 0 Å². The minimum Gasteiger partial charge on any atom is -0.481 e. The molecule has 3 heteroatoms. The number of carboxylic acid groups (broad SMARTS) is 1. The van der Waals surface area contributed by atoms with Crippen LogP contribution in [0.3, 0.4) is 0 Å². The molecule has 0 heterocycles. The van der Waals surface area contributed by atoms with Crippen LogP contribution >= 0.6 is 0 Å². The van der Waals surface area contributed by atoms with Gasteiger partial charge < -0.3 is 9.84 Å². The van der Waals surface area contributed by atoms with Crippen molar-refractivity contribution in [1.82, 2.24) is 0 Å². The maximum atomic E-state index is 11.7. The molecule has 3 nitrogen and oxygen atoms in total. The van der Waals surface area contributed by atoms with Gasteiger partial charge in [-0.05, 0) is 18.8 Å². The van der Waals surface area contributed by atoms with Crippen molar-refractivity contribution in [2.45, 2.75) is 39.5 Å². The number of allylic oxidation sites excluding steroid dienone is 2. The van der Waals surface area contributed by atoms with Gasteiger partial charge in [-0.25, -0.2) is 0 Å². The van der Waals surface area contributed by atoms with Crippen LogP contribution in [0.25, 0.3) is 0 Å². The molecule has 0 saturated carbocycles. The second-order valence-electron chi connectivity index (χ2n) is 5.01. The van der Waals surface area contributed by atoms with Gasteiger partial charge in [0.2, 0.25) is 0 Å². The molecule has 0 aromatic rings. The predicted molar refractivity (Wildman–Crippen MR) is 72.5 cm³/mol. The molecular weight excluding hydrogens is 228 g/mol. The van der Waals surface area contributed by atoms with Gasteiger partial charge >= 0.3 is 5.97 Å². The maximum absolute atomic E-state index is 11.7. The molecule has 1 N–H and O–H groups in total. The second-order valence-corrected chi connectivity index (χ2v) is 5.01. The van der Waals surface area contributed by atoms with Crippen molar-refractivity contribution < 1.29 is 14.6 Å². The first-order valence-electron chi connectivity index (χ1n) is 6.69. The van der Waals surface area contributed by atoms with Crippen LogP contribution < -0.4 is 0 Å². The number of rotatable bonds is 7. The fourth-order valence-corrected chi connectivity index (χ4v) is 2.62. The Kier molecular flexibility index (Phi) is 5.60. The normalized spacial score (nSPS) is 27.1. The van der Waals surface area contributed by atoms with E-state index in [1.54, 1.807) is 7.11 Å². The van der Waals surface area contributed by atoms with E-state index >= 15 is 0 Å². The molecule has 0 aromatic heterocycles. The first-order chi connectivity index (χ1) is 8.58. The standard InChI is InChI=1S/C15H24O3/c1-4-5-9-15(14(16)17)10-6-7-13(12(15)2)8-11-18-3/h6-7,10,12H,4-5,8-9,11H2,1-3H3,(H,16,17). The zero-order valence-corrected chi connectivity index (χ0v) is 11.6. The van der Waals surface area contributed by atoms with Crippen LogP contribution in [-0.2, 0) is 9.53 Å². The van der Waals surface area contributed by atoms with E-state index in [0.717, 1.165) is 19.3 Å². The van der Waals surface area contributed by atoms with Crippen molar-refractivity contribution in [3.8, 4) is 0 Å². The number of carboxylic acids is 1. The van der Waals surface area contributed by atoms with E-state index < -0.39 is 11.4 Å². The monoisotopic (exact) mass is 252 g/mol. The van der Waals surface area contributed by atoms with E-state index in [1.807, 2.05) is 25.2 Å². The van der Waals surface area contributed by atoms with Crippen molar-refractivity contribution in [1.29, 1.82) is 0 Å².